The molecule has 0 unspecified atom stereocenters. The number of aromatic nitrogens is 3. The Balaban J connectivity index is 1.26. The number of likely N-dealkylation sites (tertiary alicyclic amines) is 1. The summed E-state index contributed by atoms with van der Waals surface area (Å²) in [6.07, 6.45) is 8.59. The van der Waals surface area contributed by atoms with E-state index in [0.29, 0.717) is 17.4 Å². The third-order valence-corrected chi connectivity index (χ3v) is 10.7. The van der Waals surface area contributed by atoms with E-state index in [9.17, 15) is 9.59 Å². The highest BCUT2D eigenvalue weighted by Crippen LogP contribution is 2.48. The summed E-state index contributed by atoms with van der Waals surface area (Å²) in [6.45, 7) is 12.8. The zero-order valence-corrected chi connectivity index (χ0v) is 28.6. The van der Waals surface area contributed by atoms with Gasteiger partial charge in [0.1, 0.15) is 5.52 Å². The van der Waals surface area contributed by atoms with Crippen molar-refractivity contribution in [2.24, 2.45) is 0 Å². The molecule has 246 valence electrons. The molecule has 2 amide bonds. The number of carbonyl (C=O) groups excluding carboxylic acids is 2. The minimum atomic E-state index is -0.572. The van der Waals surface area contributed by atoms with Gasteiger partial charge >= 0.3 is 0 Å². The third-order valence-electron chi connectivity index (χ3n) is 10.7. The molecular weight excluding hydrogens is 586 g/mol. The second-order valence-electron chi connectivity index (χ2n) is 14.3. The van der Waals surface area contributed by atoms with Crippen LogP contribution < -0.4 is 15.5 Å². The van der Waals surface area contributed by atoms with E-state index >= 15 is 0 Å². The molecule has 1 saturated carbocycles. The van der Waals surface area contributed by atoms with E-state index < -0.39 is 5.41 Å². The number of hydrogen-bond donors (Lipinski definition) is 2. The second-order valence-corrected chi connectivity index (χ2v) is 14.3. The van der Waals surface area contributed by atoms with E-state index in [1.165, 1.54) is 32.4 Å². The van der Waals surface area contributed by atoms with Crippen LogP contribution in [0.4, 0.5) is 17.2 Å². The Hall–Kier alpha value is -4.24. The smallest absolute Gasteiger partial charge is 0.251 e. The van der Waals surface area contributed by atoms with Gasteiger partial charge in [0.05, 0.1) is 23.0 Å². The van der Waals surface area contributed by atoms with Crippen molar-refractivity contribution in [3.05, 3.63) is 65.5 Å². The Labute approximate surface area is 277 Å². The highest BCUT2D eigenvalue weighted by molar-refractivity contribution is 6.09. The highest BCUT2D eigenvalue weighted by atomic mass is 16.2. The summed E-state index contributed by atoms with van der Waals surface area (Å²) >= 11 is 0. The van der Waals surface area contributed by atoms with Crippen LogP contribution in [-0.4, -0.2) is 63.5 Å². The number of nitrogens with zero attached hydrogens (tertiary/aromatic N) is 5. The maximum absolute atomic E-state index is 13.9. The third kappa shape index (κ3) is 5.38. The van der Waals surface area contributed by atoms with Crippen molar-refractivity contribution in [3.63, 3.8) is 0 Å². The first-order valence-electron chi connectivity index (χ1n) is 17.3. The van der Waals surface area contributed by atoms with Crippen LogP contribution in [0.2, 0.25) is 0 Å². The number of piperidine rings is 1. The number of carbonyl (C=O) groups is 2. The number of anilines is 3. The zero-order chi connectivity index (χ0) is 33.0. The maximum Gasteiger partial charge on any atom is 0.251 e. The molecular formula is C38H47N7O2. The summed E-state index contributed by atoms with van der Waals surface area (Å²) in [4.78, 5) is 41.4. The maximum atomic E-state index is 13.9. The lowest BCUT2D eigenvalue weighted by atomic mass is 9.82. The lowest BCUT2D eigenvalue weighted by Gasteiger charge is -2.48. The van der Waals surface area contributed by atoms with Crippen LogP contribution in [0, 0.1) is 0 Å². The largest absolute Gasteiger partial charge is 0.355 e. The Morgan fingerprint density at radius 3 is 2.49 bits per heavy atom. The number of benzene rings is 2. The summed E-state index contributed by atoms with van der Waals surface area (Å²) in [5.41, 5.74) is 7.40. The van der Waals surface area contributed by atoms with Crippen molar-refractivity contribution < 1.29 is 9.59 Å². The monoisotopic (exact) mass is 633 g/mol. The summed E-state index contributed by atoms with van der Waals surface area (Å²) in [6, 6.07) is 15.3. The van der Waals surface area contributed by atoms with Crippen LogP contribution >= 0.6 is 0 Å². The van der Waals surface area contributed by atoms with E-state index in [4.69, 9.17) is 9.97 Å². The molecule has 4 heterocycles. The SMILES string of the molecule is CCc1ccc(Nc2nc(-c3ccc4c(c3)N(C3CC(N5CCCCC5)C3)C(=O)C4(C)C)cc3ncn(C(C)C)c23)cc1C(=O)NC. The fourth-order valence-electron chi connectivity index (χ4n) is 7.79. The first-order valence-corrected chi connectivity index (χ1v) is 17.3. The number of pyridine rings is 1. The van der Waals surface area contributed by atoms with Crippen LogP contribution in [-0.2, 0) is 16.6 Å². The second kappa shape index (κ2) is 12.1. The molecule has 47 heavy (non-hydrogen) atoms. The summed E-state index contributed by atoms with van der Waals surface area (Å²) in [7, 11) is 1.65. The minimum Gasteiger partial charge on any atom is -0.355 e. The molecule has 2 aromatic carbocycles. The predicted molar refractivity (Wildman–Crippen MR) is 189 cm³/mol. The van der Waals surface area contributed by atoms with Crippen LogP contribution in [0.1, 0.15) is 94.2 Å². The van der Waals surface area contributed by atoms with Gasteiger partial charge in [-0.05, 0) is 108 Å². The standard InChI is InChI=1S/C38H47N7O2/c1-7-24-11-13-26(18-29(24)36(46)39-6)41-35-34-32(40-22-44(34)23(2)3)21-31(42-35)25-12-14-30-33(17-25)45(37(47)38(30,4)5)28-19-27(20-28)43-15-9-8-10-16-43/h11-14,17-18,21-23,27-28H,7-10,15-16,19-20H2,1-6H3,(H,39,46)(H,41,42). The Bertz CT molecular complexity index is 1850. The lowest BCUT2D eigenvalue weighted by Crippen LogP contribution is -2.57. The fraction of sp³-hybridized carbons (Fsp3) is 0.474. The number of rotatable bonds is 8. The van der Waals surface area contributed by atoms with Crippen molar-refractivity contribution in [3.8, 4) is 11.3 Å². The molecule has 0 atom stereocenters. The normalized spacial score (nSPS) is 20.8. The quantitative estimate of drug-likeness (QED) is 0.217. The van der Waals surface area contributed by atoms with Gasteiger partial charge in [0.2, 0.25) is 5.91 Å². The van der Waals surface area contributed by atoms with Crippen molar-refractivity contribution in [2.45, 2.75) is 96.7 Å². The van der Waals surface area contributed by atoms with Gasteiger partial charge in [-0.15, -0.1) is 0 Å². The molecule has 3 aliphatic rings. The Kier molecular flexibility index (Phi) is 8.07. The van der Waals surface area contributed by atoms with Crippen LogP contribution in [0.5, 0.6) is 0 Å². The van der Waals surface area contributed by atoms with E-state index in [2.05, 4.69) is 77.8 Å². The van der Waals surface area contributed by atoms with E-state index in [0.717, 1.165) is 64.1 Å². The van der Waals surface area contributed by atoms with Gasteiger partial charge < -0.3 is 25.0 Å². The van der Waals surface area contributed by atoms with Crippen molar-refractivity contribution in [1.29, 1.82) is 0 Å². The molecule has 1 saturated heterocycles. The number of hydrogen-bond acceptors (Lipinski definition) is 6. The van der Waals surface area contributed by atoms with Crippen LogP contribution in [0.25, 0.3) is 22.3 Å². The van der Waals surface area contributed by atoms with Gasteiger partial charge in [-0.1, -0.05) is 31.5 Å². The van der Waals surface area contributed by atoms with Gasteiger partial charge in [-0.2, -0.15) is 0 Å². The Morgan fingerprint density at radius 1 is 1.02 bits per heavy atom. The van der Waals surface area contributed by atoms with E-state index in [1.807, 2.05) is 30.6 Å². The number of amides is 2. The summed E-state index contributed by atoms with van der Waals surface area (Å²) in [5.74, 6) is 0.752. The predicted octanol–water partition coefficient (Wildman–Crippen LogP) is 6.99. The molecule has 2 aromatic heterocycles. The average Bonchev–Trinajstić information content (AvgIpc) is 3.57. The molecule has 7 rings (SSSR count). The van der Waals surface area contributed by atoms with Gasteiger partial charge in [-0.3, -0.25) is 9.59 Å². The molecule has 2 fully saturated rings. The van der Waals surface area contributed by atoms with Gasteiger partial charge in [0, 0.05) is 47.7 Å². The first-order chi connectivity index (χ1) is 22.6. The minimum absolute atomic E-state index is 0.113. The fourth-order valence-corrected chi connectivity index (χ4v) is 7.79. The van der Waals surface area contributed by atoms with Gasteiger partial charge in [-0.25, -0.2) is 9.97 Å². The lowest BCUT2D eigenvalue weighted by molar-refractivity contribution is -0.123. The molecule has 1 aliphatic carbocycles. The first kappa shape index (κ1) is 31.4. The molecule has 0 radical (unpaired) electrons. The molecule has 9 nitrogen and oxygen atoms in total. The highest BCUT2D eigenvalue weighted by Gasteiger charge is 2.50. The van der Waals surface area contributed by atoms with Crippen molar-refractivity contribution in [2.75, 3.05) is 30.4 Å². The number of fused-ring (bicyclic) bond motifs is 2. The van der Waals surface area contributed by atoms with Crippen molar-refractivity contribution >= 4 is 40.0 Å². The van der Waals surface area contributed by atoms with E-state index in [1.54, 1.807) is 7.05 Å². The molecule has 2 aliphatic heterocycles. The van der Waals surface area contributed by atoms with Crippen LogP contribution in [0.3, 0.4) is 0 Å². The molecule has 0 bridgehead atoms. The molecule has 4 aromatic rings. The molecule has 9 heteroatoms. The number of imidazole rings is 1. The molecule has 0 spiro atoms. The summed E-state index contributed by atoms with van der Waals surface area (Å²) in [5, 5.41) is 6.31. The Morgan fingerprint density at radius 2 is 1.79 bits per heavy atom. The average molecular weight is 634 g/mol. The topological polar surface area (TPSA) is 95.4 Å². The zero-order valence-electron chi connectivity index (χ0n) is 28.6. The summed E-state index contributed by atoms with van der Waals surface area (Å²) < 4.78 is 2.12. The van der Waals surface area contributed by atoms with Gasteiger partial charge in [0.25, 0.3) is 5.91 Å². The van der Waals surface area contributed by atoms with Crippen LogP contribution in [0.15, 0.2) is 48.8 Å². The van der Waals surface area contributed by atoms with Crippen molar-refractivity contribution in [1.82, 2.24) is 24.8 Å². The van der Waals surface area contributed by atoms with E-state index in [-0.39, 0.29) is 23.9 Å². The van der Waals surface area contributed by atoms with Gasteiger partial charge in [0.15, 0.2) is 5.82 Å². The number of aryl methyl sites for hydroxylation is 1. The molecule has 2 N–H and O–H groups in total. The number of nitrogens with one attached hydrogen (secondary N) is 2.